The Labute approximate surface area is 133 Å². The number of aromatic nitrogens is 4. The molecule has 0 aliphatic carbocycles. The Morgan fingerprint density at radius 3 is 2.96 bits per heavy atom. The largest absolute Gasteiger partial charge is 0.388 e. The molecule has 0 spiro atoms. The van der Waals surface area contributed by atoms with Crippen LogP contribution in [0.1, 0.15) is 26.7 Å². The Bertz CT molecular complexity index is 727. The van der Waals surface area contributed by atoms with Gasteiger partial charge in [0.05, 0.1) is 5.60 Å². The monoisotopic (exact) mass is 319 g/mol. The van der Waals surface area contributed by atoms with Crippen LogP contribution in [0.25, 0.3) is 11.0 Å². The van der Waals surface area contributed by atoms with E-state index in [9.17, 15) is 9.90 Å². The lowest BCUT2D eigenvalue weighted by Gasteiger charge is -2.37. The molecule has 0 bridgehead atoms. The predicted octanol–water partition coefficient (Wildman–Crippen LogP) is 0.269. The van der Waals surface area contributed by atoms with Gasteiger partial charge < -0.3 is 15.7 Å². The Kier molecular flexibility index (Phi) is 3.80. The second kappa shape index (κ2) is 5.65. The highest BCUT2D eigenvalue weighted by atomic mass is 16.3. The zero-order valence-electron chi connectivity index (χ0n) is 13.3. The molecule has 23 heavy (non-hydrogen) atoms. The highest BCUT2D eigenvalue weighted by molar-refractivity contribution is 6.01. The van der Waals surface area contributed by atoms with Gasteiger partial charge in [0, 0.05) is 19.6 Å². The molecular formula is C14H21N7O2. The summed E-state index contributed by atoms with van der Waals surface area (Å²) in [6, 6.07) is 0. The average Bonchev–Trinajstić information content (AvgIpc) is 2.90. The average molecular weight is 319 g/mol. The van der Waals surface area contributed by atoms with Crippen LogP contribution in [-0.4, -0.2) is 56.9 Å². The quantitative estimate of drug-likeness (QED) is 0.691. The summed E-state index contributed by atoms with van der Waals surface area (Å²) in [7, 11) is 0. The van der Waals surface area contributed by atoms with E-state index in [-0.39, 0.29) is 5.95 Å². The van der Waals surface area contributed by atoms with Crippen molar-refractivity contribution >= 4 is 35.0 Å². The summed E-state index contributed by atoms with van der Waals surface area (Å²) >= 11 is 0. The topological polar surface area (TPSA) is 124 Å². The molecule has 2 aromatic heterocycles. The second-order valence-electron chi connectivity index (χ2n) is 6.09. The number of piperidine rings is 1. The summed E-state index contributed by atoms with van der Waals surface area (Å²) in [6.07, 6.45) is 2.31. The van der Waals surface area contributed by atoms with Gasteiger partial charge in [0.15, 0.2) is 11.5 Å². The number of nitrogen functional groups attached to an aromatic ring is 1. The maximum absolute atomic E-state index is 11.3. The fourth-order valence-electron chi connectivity index (χ4n) is 3.03. The molecule has 1 saturated heterocycles. The van der Waals surface area contributed by atoms with Crippen LogP contribution < -0.4 is 15.5 Å². The van der Waals surface area contributed by atoms with Gasteiger partial charge in [0.2, 0.25) is 12.4 Å². The summed E-state index contributed by atoms with van der Waals surface area (Å²) in [5.41, 5.74) is 5.50. The maximum atomic E-state index is 11.3. The van der Waals surface area contributed by atoms with Crippen LogP contribution in [0.5, 0.6) is 0 Å². The van der Waals surface area contributed by atoms with Crippen molar-refractivity contribution in [1.29, 1.82) is 0 Å². The van der Waals surface area contributed by atoms with Crippen molar-refractivity contribution in [2.45, 2.75) is 32.3 Å². The van der Waals surface area contributed by atoms with Crippen LogP contribution >= 0.6 is 0 Å². The van der Waals surface area contributed by atoms with E-state index in [0.29, 0.717) is 35.8 Å². The summed E-state index contributed by atoms with van der Waals surface area (Å²) < 4.78 is 0. The minimum absolute atomic E-state index is 0.127. The zero-order chi connectivity index (χ0) is 16.6. The van der Waals surface area contributed by atoms with Crippen LogP contribution in [0.2, 0.25) is 0 Å². The molecule has 124 valence electrons. The number of hydrogen-bond donors (Lipinski definition) is 3. The van der Waals surface area contributed by atoms with Crippen LogP contribution in [0.15, 0.2) is 0 Å². The minimum atomic E-state index is -0.788. The number of anilines is 3. The van der Waals surface area contributed by atoms with Crippen molar-refractivity contribution in [3.63, 3.8) is 0 Å². The molecule has 4 N–H and O–H groups in total. The van der Waals surface area contributed by atoms with Gasteiger partial charge >= 0.3 is 0 Å². The van der Waals surface area contributed by atoms with Crippen molar-refractivity contribution in [2.24, 2.45) is 0 Å². The van der Waals surface area contributed by atoms with Crippen LogP contribution in [0, 0.1) is 0 Å². The van der Waals surface area contributed by atoms with Crippen LogP contribution in [0.4, 0.5) is 17.6 Å². The number of carbonyl (C=O) groups excluding carboxylic acids is 1. The summed E-state index contributed by atoms with van der Waals surface area (Å²) in [6.45, 7) is 5.33. The van der Waals surface area contributed by atoms with Crippen molar-refractivity contribution in [1.82, 2.24) is 20.2 Å². The first-order valence-electron chi connectivity index (χ1n) is 7.66. The van der Waals surface area contributed by atoms with Gasteiger partial charge in [-0.3, -0.25) is 14.8 Å². The molecule has 1 atom stereocenters. The van der Waals surface area contributed by atoms with E-state index in [1.165, 1.54) is 4.90 Å². The maximum Gasteiger partial charge on any atom is 0.224 e. The van der Waals surface area contributed by atoms with E-state index in [0.717, 1.165) is 25.8 Å². The number of carbonyl (C=O) groups is 1. The van der Waals surface area contributed by atoms with Gasteiger partial charge in [-0.2, -0.15) is 15.1 Å². The van der Waals surface area contributed by atoms with Gasteiger partial charge in [-0.15, -0.1) is 0 Å². The lowest BCUT2D eigenvalue weighted by molar-refractivity contribution is -0.107. The third kappa shape index (κ3) is 2.79. The first-order valence-corrected chi connectivity index (χ1v) is 7.66. The standard InChI is InChI=1S/C14H21N7O2/c1-3-20(8-22)12-9-10(18-19-12)16-13(15)17-11(9)21-6-4-5-14(2,23)7-21/h8,23H,3-7H2,1-2H3,(H3,15,16,17,18,19)/t14-/m0/s1. The number of nitrogens with one attached hydrogen (secondary N) is 1. The lowest BCUT2D eigenvalue weighted by atomic mass is 9.95. The van der Waals surface area contributed by atoms with Gasteiger partial charge in [-0.25, -0.2) is 0 Å². The molecule has 0 aromatic carbocycles. The second-order valence-corrected chi connectivity index (χ2v) is 6.09. The van der Waals surface area contributed by atoms with Crippen molar-refractivity contribution in [2.75, 3.05) is 35.2 Å². The third-order valence-corrected chi connectivity index (χ3v) is 4.11. The molecule has 0 saturated carbocycles. The predicted molar refractivity (Wildman–Crippen MR) is 87.3 cm³/mol. The minimum Gasteiger partial charge on any atom is -0.388 e. The fraction of sp³-hybridized carbons (Fsp3) is 0.571. The number of nitrogens with two attached hydrogens (primary N) is 1. The van der Waals surface area contributed by atoms with E-state index < -0.39 is 5.60 Å². The molecule has 1 aliphatic rings. The molecule has 0 radical (unpaired) electrons. The first kappa shape index (κ1) is 15.5. The number of nitrogens with zero attached hydrogens (tertiary/aromatic N) is 5. The molecule has 0 unspecified atom stereocenters. The Morgan fingerprint density at radius 2 is 2.30 bits per heavy atom. The van der Waals surface area contributed by atoms with Gasteiger partial charge in [0.25, 0.3) is 0 Å². The van der Waals surface area contributed by atoms with E-state index in [1.807, 2.05) is 11.8 Å². The summed E-state index contributed by atoms with van der Waals surface area (Å²) in [5, 5.41) is 18.0. The third-order valence-electron chi connectivity index (χ3n) is 4.11. The normalized spacial score (nSPS) is 21.6. The van der Waals surface area contributed by atoms with Gasteiger partial charge in [-0.05, 0) is 26.7 Å². The number of H-pyrrole nitrogens is 1. The van der Waals surface area contributed by atoms with Gasteiger partial charge in [-0.1, -0.05) is 0 Å². The summed E-state index contributed by atoms with van der Waals surface area (Å²) in [5.74, 6) is 1.19. The fourth-order valence-corrected chi connectivity index (χ4v) is 3.03. The first-order chi connectivity index (χ1) is 10.9. The van der Waals surface area contributed by atoms with Gasteiger partial charge in [0.1, 0.15) is 11.2 Å². The lowest BCUT2D eigenvalue weighted by Crippen LogP contribution is -2.46. The number of β-amino-alcohol motifs (C(OH)–C–C–N with tert-alkyl or cyclic N) is 1. The van der Waals surface area contributed by atoms with Crippen LogP contribution in [0.3, 0.4) is 0 Å². The van der Waals surface area contributed by atoms with E-state index in [2.05, 4.69) is 20.2 Å². The van der Waals surface area contributed by atoms with E-state index in [4.69, 9.17) is 5.73 Å². The number of aliphatic hydroxyl groups is 1. The molecule has 1 amide bonds. The zero-order valence-corrected chi connectivity index (χ0v) is 13.3. The van der Waals surface area contributed by atoms with Crippen molar-refractivity contribution in [3.05, 3.63) is 0 Å². The Morgan fingerprint density at radius 1 is 1.52 bits per heavy atom. The number of rotatable bonds is 4. The smallest absolute Gasteiger partial charge is 0.224 e. The number of aromatic amines is 1. The van der Waals surface area contributed by atoms with Crippen molar-refractivity contribution in [3.8, 4) is 0 Å². The number of amides is 1. The molecule has 3 rings (SSSR count). The summed E-state index contributed by atoms with van der Waals surface area (Å²) in [4.78, 5) is 23.2. The molecule has 3 heterocycles. The molecule has 1 aliphatic heterocycles. The molecular weight excluding hydrogens is 298 g/mol. The molecule has 9 heteroatoms. The molecule has 9 nitrogen and oxygen atoms in total. The number of hydrogen-bond acceptors (Lipinski definition) is 7. The van der Waals surface area contributed by atoms with E-state index >= 15 is 0 Å². The Hall–Kier alpha value is -2.42. The van der Waals surface area contributed by atoms with Crippen molar-refractivity contribution < 1.29 is 9.90 Å². The van der Waals surface area contributed by atoms with Crippen LogP contribution in [-0.2, 0) is 4.79 Å². The Balaban J connectivity index is 2.14. The number of fused-ring (bicyclic) bond motifs is 1. The highest BCUT2D eigenvalue weighted by Crippen LogP contribution is 2.34. The SMILES string of the molecule is CCN(C=O)c1n[nH]c2nc(N)nc(N3CCC[C@](C)(O)C3)c12. The molecule has 2 aromatic rings. The molecule has 1 fully saturated rings. The highest BCUT2D eigenvalue weighted by Gasteiger charge is 2.31. The van der Waals surface area contributed by atoms with E-state index in [1.54, 1.807) is 6.92 Å².